The molecule has 1 aromatic carbocycles. The smallest absolute Gasteiger partial charge is 0.255 e. The number of ether oxygens (including phenoxy) is 1. The van der Waals surface area contributed by atoms with Crippen LogP contribution >= 0.6 is 15.9 Å². The molecule has 1 fully saturated rings. The molecule has 100 valence electrons. The van der Waals surface area contributed by atoms with Crippen molar-refractivity contribution in [3.05, 3.63) is 28.2 Å². The highest BCUT2D eigenvalue weighted by molar-refractivity contribution is 9.10. The van der Waals surface area contributed by atoms with Crippen molar-refractivity contribution in [2.75, 3.05) is 26.7 Å². The molecule has 1 saturated heterocycles. The fraction of sp³-hybridized carbons (Fsp3) is 0.385. The molecule has 1 unspecified atom stereocenters. The van der Waals surface area contributed by atoms with Gasteiger partial charge >= 0.3 is 0 Å². The van der Waals surface area contributed by atoms with Crippen LogP contribution in [0.5, 0.6) is 5.75 Å². The number of nitrogens with zero attached hydrogens (tertiary/aromatic N) is 2. The molecule has 2 rings (SSSR count). The van der Waals surface area contributed by atoms with Crippen molar-refractivity contribution in [3.8, 4) is 11.8 Å². The zero-order valence-corrected chi connectivity index (χ0v) is 12.1. The second-order valence-corrected chi connectivity index (χ2v) is 5.05. The van der Waals surface area contributed by atoms with Crippen LogP contribution < -0.4 is 10.1 Å². The Morgan fingerprint density at radius 3 is 3.05 bits per heavy atom. The lowest BCUT2D eigenvalue weighted by molar-refractivity contribution is 0.0687. The normalized spacial score (nSPS) is 18.8. The van der Waals surface area contributed by atoms with Gasteiger partial charge in [0.15, 0.2) is 0 Å². The number of amides is 1. The molecule has 1 aliphatic heterocycles. The molecule has 0 spiro atoms. The van der Waals surface area contributed by atoms with Gasteiger partial charge in [-0.1, -0.05) is 0 Å². The molecule has 1 N–H and O–H groups in total. The number of carbonyl (C=O) groups excluding carboxylic acids is 1. The predicted molar refractivity (Wildman–Crippen MR) is 74.0 cm³/mol. The first kappa shape index (κ1) is 13.8. The molecule has 19 heavy (non-hydrogen) atoms. The first-order valence-corrected chi connectivity index (χ1v) is 6.71. The molecular formula is C13H14BrN3O2. The van der Waals surface area contributed by atoms with Gasteiger partial charge in [0.05, 0.1) is 17.7 Å². The van der Waals surface area contributed by atoms with Crippen molar-refractivity contribution in [1.29, 1.82) is 5.26 Å². The highest BCUT2D eigenvalue weighted by Gasteiger charge is 2.27. The molecule has 5 nitrogen and oxygen atoms in total. The van der Waals surface area contributed by atoms with E-state index in [0.717, 1.165) is 4.47 Å². The van der Waals surface area contributed by atoms with E-state index in [2.05, 4.69) is 27.3 Å². The molecule has 6 heteroatoms. The lowest BCUT2D eigenvalue weighted by atomic mass is 10.1. The number of nitriles is 1. The molecule has 1 aromatic rings. The average Bonchev–Trinajstić information content (AvgIpc) is 2.46. The van der Waals surface area contributed by atoms with Crippen molar-refractivity contribution in [2.24, 2.45) is 0 Å². The van der Waals surface area contributed by atoms with Crippen molar-refractivity contribution < 1.29 is 9.53 Å². The zero-order chi connectivity index (χ0) is 13.8. The summed E-state index contributed by atoms with van der Waals surface area (Å²) < 4.78 is 5.86. The Balaban J connectivity index is 2.23. The van der Waals surface area contributed by atoms with Gasteiger partial charge in [0.25, 0.3) is 5.91 Å². The summed E-state index contributed by atoms with van der Waals surface area (Å²) >= 11 is 3.36. The first-order valence-electron chi connectivity index (χ1n) is 5.92. The Labute approximate surface area is 120 Å². The summed E-state index contributed by atoms with van der Waals surface area (Å²) in [4.78, 5) is 14.0. The Morgan fingerprint density at radius 2 is 2.42 bits per heavy atom. The third-order valence-electron chi connectivity index (χ3n) is 3.05. The third-order valence-corrected chi connectivity index (χ3v) is 3.67. The molecule has 0 radical (unpaired) electrons. The third kappa shape index (κ3) is 2.88. The monoisotopic (exact) mass is 323 g/mol. The van der Waals surface area contributed by atoms with E-state index in [-0.39, 0.29) is 5.91 Å². The summed E-state index contributed by atoms with van der Waals surface area (Å²) in [6.45, 7) is 1.77. The largest absolute Gasteiger partial charge is 0.496 e. The van der Waals surface area contributed by atoms with E-state index in [0.29, 0.717) is 30.9 Å². The lowest BCUT2D eigenvalue weighted by Gasteiger charge is -2.32. The van der Waals surface area contributed by atoms with E-state index < -0.39 is 6.04 Å². The van der Waals surface area contributed by atoms with Crippen LogP contribution in [-0.4, -0.2) is 43.6 Å². The molecule has 1 aliphatic rings. The molecule has 1 heterocycles. The topological polar surface area (TPSA) is 65.4 Å². The molecular weight excluding hydrogens is 310 g/mol. The maximum atomic E-state index is 12.4. The minimum atomic E-state index is -0.415. The Morgan fingerprint density at radius 1 is 1.63 bits per heavy atom. The minimum absolute atomic E-state index is 0.128. The van der Waals surface area contributed by atoms with E-state index in [1.54, 1.807) is 30.2 Å². The summed E-state index contributed by atoms with van der Waals surface area (Å²) in [5.41, 5.74) is 0.551. The second-order valence-electron chi connectivity index (χ2n) is 4.20. The molecule has 1 atom stereocenters. The number of benzene rings is 1. The van der Waals surface area contributed by atoms with Crippen LogP contribution in [0.3, 0.4) is 0 Å². The van der Waals surface area contributed by atoms with Gasteiger partial charge in [-0.25, -0.2) is 0 Å². The van der Waals surface area contributed by atoms with E-state index in [9.17, 15) is 4.79 Å². The highest BCUT2D eigenvalue weighted by atomic mass is 79.9. The van der Waals surface area contributed by atoms with Gasteiger partial charge < -0.3 is 15.0 Å². The fourth-order valence-electron chi connectivity index (χ4n) is 2.03. The quantitative estimate of drug-likeness (QED) is 0.893. The maximum Gasteiger partial charge on any atom is 0.255 e. The van der Waals surface area contributed by atoms with Crippen molar-refractivity contribution in [1.82, 2.24) is 10.2 Å². The predicted octanol–water partition coefficient (Wildman–Crippen LogP) is 1.40. The van der Waals surface area contributed by atoms with Gasteiger partial charge in [0.2, 0.25) is 0 Å². The summed E-state index contributed by atoms with van der Waals surface area (Å²) in [5.74, 6) is 0.546. The minimum Gasteiger partial charge on any atom is -0.496 e. The fourth-order valence-corrected chi connectivity index (χ4v) is 2.57. The van der Waals surface area contributed by atoms with Crippen LogP contribution in [0.25, 0.3) is 0 Å². The van der Waals surface area contributed by atoms with Crippen LogP contribution in [0.4, 0.5) is 0 Å². The van der Waals surface area contributed by atoms with E-state index in [1.807, 2.05) is 0 Å². The lowest BCUT2D eigenvalue weighted by Crippen LogP contribution is -2.53. The molecule has 0 aromatic heterocycles. The Hall–Kier alpha value is -1.58. The van der Waals surface area contributed by atoms with E-state index >= 15 is 0 Å². The van der Waals surface area contributed by atoms with Crippen LogP contribution in [-0.2, 0) is 0 Å². The molecule has 1 amide bonds. The zero-order valence-electron chi connectivity index (χ0n) is 10.5. The number of hydrogen-bond acceptors (Lipinski definition) is 4. The number of piperazine rings is 1. The summed E-state index contributed by atoms with van der Waals surface area (Å²) in [6.07, 6.45) is 0. The molecule has 0 aliphatic carbocycles. The van der Waals surface area contributed by atoms with Crippen molar-refractivity contribution >= 4 is 21.8 Å². The van der Waals surface area contributed by atoms with Crippen LogP contribution in [0.2, 0.25) is 0 Å². The Bertz CT molecular complexity index is 527. The molecule has 0 saturated carbocycles. The number of halogens is 1. The average molecular weight is 324 g/mol. The molecule has 0 bridgehead atoms. The maximum absolute atomic E-state index is 12.4. The van der Waals surface area contributed by atoms with Crippen molar-refractivity contribution in [2.45, 2.75) is 6.04 Å². The Kier molecular flexibility index (Phi) is 4.40. The van der Waals surface area contributed by atoms with Gasteiger partial charge in [-0.3, -0.25) is 4.79 Å². The van der Waals surface area contributed by atoms with Gasteiger partial charge in [0.1, 0.15) is 11.8 Å². The number of nitrogens with one attached hydrogen (secondary N) is 1. The van der Waals surface area contributed by atoms with Crippen LogP contribution in [0.15, 0.2) is 22.7 Å². The standard InChI is InChI=1S/C13H14BrN3O2/c1-19-12-3-2-9(6-11(12)14)13(18)17-5-4-16-8-10(17)7-15/h2-3,6,10,16H,4-5,8H2,1H3. The number of carbonyl (C=O) groups is 1. The van der Waals surface area contributed by atoms with Gasteiger partial charge in [0, 0.05) is 25.2 Å². The van der Waals surface area contributed by atoms with Crippen molar-refractivity contribution in [3.63, 3.8) is 0 Å². The number of rotatable bonds is 2. The first-order chi connectivity index (χ1) is 9.17. The number of hydrogen-bond donors (Lipinski definition) is 1. The summed E-state index contributed by atoms with van der Waals surface area (Å²) in [7, 11) is 1.57. The highest BCUT2D eigenvalue weighted by Crippen LogP contribution is 2.26. The number of methoxy groups -OCH3 is 1. The summed E-state index contributed by atoms with van der Waals surface area (Å²) in [6, 6.07) is 6.90. The summed E-state index contributed by atoms with van der Waals surface area (Å²) in [5, 5.41) is 12.2. The van der Waals surface area contributed by atoms with Gasteiger partial charge in [-0.2, -0.15) is 5.26 Å². The van der Waals surface area contributed by atoms with E-state index in [1.165, 1.54) is 0 Å². The second kappa shape index (κ2) is 6.04. The van der Waals surface area contributed by atoms with Gasteiger partial charge in [-0.15, -0.1) is 0 Å². The van der Waals surface area contributed by atoms with E-state index in [4.69, 9.17) is 10.00 Å². The SMILES string of the molecule is COc1ccc(C(=O)N2CCNCC2C#N)cc1Br. The van der Waals surface area contributed by atoms with Crippen LogP contribution in [0, 0.1) is 11.3 Å². The van der Waals surface area contributed by atoms with Crippen LogP contribution in [0.1, 0.15) is 10.4 Å². The van der Waals surface area contributed by atoms with Gasteiger partial charge in [-0.05, 0) is 34.1 Å².